The summed E-state index contributed by atoms with van der Waals surface area (Å²) in [4.78, 5) is 13.5. The molecule has 1 N–H and O–H groups in total. The molecule has 1 rings (SSSR count). The van der Waals surface area contributed by atoms with E-state index in [1.807, 2.05) is 13.8 Å². The molecule has 0 fully saturated rings. The zero-order valence-corrected chi connectivity index (χ0v) is 14.2. The SMILES string of the molecule is CC(C)C[C@@H](NS(=O)(=O)Cc1ccc(F)cc1)C(=O)N(C)C. The van der Waals surface area contributed by atoms with Crippen molar-refractivity contribution in [3.63, 3.8) is 0 Å². The molecule has 0 bridgehead atoms. The lowest BCUT2D eigenvalue weighted by Crippen LogP contribution is -2.47. The molecule has 1 amide bonds. The largest absolute Gasteiger partial charge is 0.347 e. The van der Waals surface area contributed by atoms with Crippen molar-refractivity contribution in [3.05, 3.63) is 35.6 Å². The summed E-state index contributed by atoms with van der Waals surface area (Å²) in [7, 11) is -0.516. The smallest absolute Gasteiger partial charge is 0.240 e. The van der Waals surface area contributed by atoms with Gasteiger partial charge in [-0.15, -0.1) is 0 Å². The van der Waals surface area contributed by atoms with Gasteiger partial charge in [-0.25, -0.2) is 17.5 Å². The number of carbonyl (C=O) groups excluding carboxylic acids is 1. The fourth-order valence-electron chi connectivity index (χ4n) is 2.04. The number of rotatable bonds is 7. The first-order chi connectivity index (χ1) is 10.1. The van der Waals surface area contributed by atoms with Crippen molar-refractivity contribution in [1.29, 1.82) is 0 Å². The zero-order valence-electron chi connectivity index (χ0n) is 13.3. The lowest BCUT2D eigenvalue weighted by molar-refractivity contribution is -0.130. The first kappa shape index (κ1) is 18.6. The van der Waals surface area contributed by atoms with Gasteiger partial charge in [-0.3, -0.25) is 4.79 Å². The van der Waals surface area contributed by atoms with Gasteiger partial charge in [0, 0.05) is 14.1 Å². The van der Waals surface area contributed by atoms with Crippen molar-refractivity contribution >= 4 is 15.9 Å². The number of nitrogens with one attached hydrogen (secondary N) is 1. The summed E-state index contributed by atoms with van der Waals surface area (Å²) in [5.41, 5.74) is 0.467. The van der Waals surface area contributed by atoms with Crippen molar-refractivity contribution in [1.82, 2.24) is 9.62 Å². The van der Waals surface area contributed by atoms with Crippen LogP contribution in [0.5, 0.6) is 0 Å². The molecule has 5 nitrogen and oxygen atoms in total. The van der Waals surface area contributed by atoms with Crippen LogP contribution in [-0.2, 0) is 20.6 Å². The Labute approximate surface area is 131 Å². The third-order valence-electron chi connectivity index (χ3n) is 3.04. The standard InChI is InChI=1S/C15H23FN2O3S/c1-11(2)9-14(15(19)18(3)4)17-22(20,21)10-12-5-7-13(16)8-6-12/h5-8,11,14,17H,9-10H2,1-4H3/t14-/m1/s1. The molecule has 0 aromatic heterocycles. The van der Waals surface area contributed by atoms with Crippen LogP contribution in [0.2, 0.25) is 0 Å². The van der Waals surface area contributed by atoms with Crippen LogP contribution in [-0.4, -0.2) is 39.4 Å². The Morgan fingerprint density at radius 3 is 2.23 bits per heavy atom. The van der Waals surface area contributed by atoms with Crippen molar-refractivity contribution in [2.75, 3.05) is 14.1 Å². The summed E-state index contributed by atoms with van der Waals surface area (Å²) in [5.74, 6) is -0.823. The van der Waals surface area contributed by atoms with Gasteiger partial charge in [0.05, 0.1) is 5.75 Å². The lowest BCUT2D eigenvalue weighted by atomic mass is 10.0. The summed E-state index contributed by atoms with van der Waals surface area (Å²) in [5, 5.41) is 0. The Balaban J connectivity index is 2.85. The highest BCUT2D eigenvalue weighted by Gasteiger charge is 2.26. The third-order valence-corrected chi connectivity index (χ3v) is 4.39. The molecule has 0 radical (unpaired) electrons. The highest BCUT2D eigenvalue weighted by molar-refractivity contribution is 7.88. The molecule has 0 aliphatic rings. The second-order valence-corrected chi connectivity index (χ2v) is 7.67. The van der Waals surface area contributed by atoms with Crippen molar-refractivity contribution in [3.8, 4) is 0 Å². The molecule has 0 heterocycles. The second kappa shape index (κ2) is 7.69. The molecule has 0 saturated carbocycles. The third kappa shape index (κ3) is 6.11. The number of hydrogen-bond acceptors (Lipinski definition) is 3. The molecule has 22 heavy (non-hydrogen) atoms. The second-order valence-electron chi connectivity index (χ2n) is 5.92. The van der Waals surface area contributed by atoms with E-state index in [1.54, 1.807) is 14.1 Å². The number of halogens is 1. The van der Waals surface area contributed by atoms with Crippen LogP contribution >= 0.6 is 0 Å². The number of amides is 1. The van der Waals surface area contributed by atoms with Gasteiger partial charge in [-0.1, -0.05) is 26.0 Å². The Morgan fingerprint density at radius 1 is 1.23 bits per heavy atom. The minimum absolute atomic E-state index is 0.169. The minimum atomic E-state index is -3.69. The van der Waals surface area contributed by atoms with Crippen LogP contribution in [0.4, 0.5) is 4.39 Å². The van der Waals surface area contributed by atoms with E-state index in [9.17, 15) is 17.6 Å². The molecule has 7 heteroatoms. The Kier molecular flexibility index (Phi) is 6.49. The monoisotopic (exact) mass is 330 g/mol. The van der Waals surface area contributed by atoms with Gasteiger partial charge in [0.25, 0.3) is 0 Å². The molecular formula is C15H23FN2O3S. The van der Waals surface area contributed by atoms with E-state index >= 15 is 0 Å². The molecule has 0 spiro atoms. The number of likely N-dealkylation sites (N-methyl/N-ethyl adjacent to an activating group) is 1. The van der Waals surface area contributed by atoms with Crippen LogP contribution in [0, 0.1) is 11.7 Å². The maximum Gasteiger partial charge on any atom is 0.240 e. The van der Waals surface area contributed by atoms with Gasteiger partial charge in [-0.05, 0) is 30.0 Å². The van der Waals surface area contributed by atoms with Gasteiger partial charge < -0.3 is 4.90 Å². The number of sulfonamides is 1. The van der Waals surface area contributed by atoms with Crippen LogP contribution in [0.3, 0.4) is 0 Å². The minimum Gasteiger partial charge on any atom is -0.347 e. The maximum atomic E-state index is 12.9. The first-order valence-corrected chi connectivity index (χ1v) is 8.71. The normalized spacial score (nSPS) is 13.2. The quantitative estimate of drug-likeness (QED) is 0.828. The van der Waals surface area contributed by atoms with Crippen LogP contribution < -0.4 is 4.72 Å². The lowest BCUT2D eigenvalue weighted by Gasteiger charge is -2.23. The van der Waals surface area contributed by atoms with E-state index in [0.717, 1.165) is 0 Å². The Morgan fingerprint density at radius 2 is 1.77 bits per heavy atom. The van der Waals surface area contributed by atoms with Gasteiger partial charge in [-0.2, -0.15) is 0 Å². The number of nitrogens with zero attached hydrogens (tertiary/aromatic N) is 1. The summed E-state index contributed by atoms with van der Waals surface area (Å²) in [6.07, 6.45) is 0.416. The summed E-state index contributed by atoms with van der Waals surface area (Å²) in [6.45, 7) is 3.84. The van der Waals surface area contributed by atoms with Crippen molar-refractivity contribution in [2.24, 2.45) is 5.92 Å². The molecule has 0 aliphatic heterocycles. The molecule has 1 aromatic carbocycles. The number of carbonyl (C=O) groups is 1. The predicted octanol–water partition coefficient (Wildman–Crippen LogP) is 1.75. The fourth-order valence-corrected chi connectivity index (χ4v) is 3.39. The predicted molar refractivity (Wildman–Crippen MR) is 84.1 cm³/mol. The summed E-state index contributed by atoms with van der Waals surface area (Å²) >= 11 is 0. The highest BCUT2D eigenvalue weighted by Crippen LogP contribution is 2.11. The fraction of sp³-hybridized carbons (Fsp3) is 0.533. The Hall–Kier alpha value is -1.47. The molecule has 1 atom stereocenters. The topological polar surface area (TPSA) is 66.5 Å². The number of hydrogen-bond donors (Lipinski definition) is 1. The molecule has 0 saturated heterocycles. The van der Waals surface area contributed by atoms with Gasteiger partial charge in [0.1, 0.15) is 11.9 Å². The van der Waals surface area contributed by atoms with Crippen molar-refractivity contribution in [2.45, 2.75) is 32.1 Å². The van der Waals surface area contributed by atoms with E-state index in [1.165, 1.54) is 29.2 Å². The van der Waals surface area contributed by atoms with Gasteiger partial charge in [0.2, 0.25) is 15.9 Å². The number of benzene rings is 1. The molecule has 0 unspecified atom stereocenters. The zero-order chi connectivity index (χ0) is 16.9. The van der Waals surface area contributed by atoms with Crippen molar-refractivity contribution < 1.29 is 17.6 Å². The van der Waals surface area contributed by atoms with Gasteiger partial charge >= 0.3 is 0 Å². The Bertz CT molecular complexity index is 598. The molecule has 1 aromatic rings. The summed E-state index contributed by atoms with van der Waals surface area (Å²) < 4.78 is 39.8. The first-order valence-electron chi connectivity index (χ1n) is 7.06. The average Bonchev–Trinajstić information content (AvgIpc) is 2.38. The van der Waals surface area contributed by atoms with E-state index in [0.29, 0.717) is 12.0 Å². The summed E-state index contributed by atoms with van der Waals surface area (Å²) in [6, 6.07) is 4.46. The maximum absolute atomic E-state index is 12.9. The molecular weight excluding hydrogens is 307 g/mol. The van der Waals surface area contributed by atoms with E-state index in [-0.39, 0.29) is 17.6 Å². The van der Waals surface area contributed by atoms with Gasteiger partial charge in [0.15, 0.2) is 0 Å². The van der Waals surface area contributed by atoms with E-state index < -0.39 is 21.9 Å². The highest BCUT2D eigenvalue weighted by atomic mass is 32.2. The molecule has 124 valence electrons. The van der Waals surface area contributed by atoms with E-state index in [4.69, 9.17) is 0 Å². The van der Waals surface area contributed by atoms with E-state index in [2.05, 4.69) is 4.72 Å². The average molecular weight is 330 g/mol. The van der Waals surface area contributed by atoms with Crippen LogP contribution in [0.15, 0.2) is 24.3 Å². The molecule has 0 aliphatic carbocycles. The van der Waals surface area contributed by atoms with Crippen LogP contribution in [0.25, 0.3) is 0 Å². The van der Waals surface area contributed by atoms with Crippen LogP contribution in [0.1, 0.15) is 25.8 Å².